The molecule has 2 heterocycles. The summed E-state index contributed by atoms with van der Waals surface area (Å²) >= 11 is 0. The van der Waals surface area contributed by atoms with Crippen molar-refractivity contribution in [1.29, 1.82) is 0 Å². The van der Waals surface area contributed by atoms with E-state index in [0.717, 1.165) is 12.1 Å². The minimum absolute atomic E-state index is 0.330. The van der Waals surface area contributed by atoms with Gasteiger partial charge in [-0.15, -0.1) is 0 Å². The van der Waals surface area contributed by atoms with Gasteiger partial charge in [0.2, 0.25) is 0 Å². The van der Waals surface area contributed by atoms with Crippen LogP contribution in [0.3, 0.4) is 0 Å². The lowest BCUT2D eigenvalue weighted by molar-refractivity contribution is 0.707. The Morgan fingerprint density at radius 1 is 1.00 bits per heavy atom. The SMILES string of the molecule is CNCC(c1ccncc1)c1ccc(-c2cn[nH]c2)cc1. The molecule has 1 unspecified atom stereocenters. The van der Waals surface area contributed by atoms with E-state index in [9.17, 15) is 0 Å². The fourth-order valence-corrected chi connectivity index (χ4v) is 2.54. The van der Waals surface area contributed by atoms with E-state index >= 15 is 0 Å². The summed E-state index contributed by atoms with van der Waals surface area (Å²) in [5, 5.41) is 10.1. The predicted octanol–water partition coefficient (Wildman–Crippen LogP) is 2.82. The van der Waals surface area contributed by atoms with Crippen molar-refractivity contribution in [2.45, 2.75) is 5.92 Å². The largest absolute Gasteiger partial charge is 0.319 e. The van der Waals surface area contributed by atoms with Crippen molar-refractivity contribution in [3.63, 3.8) is 0 Å². The molecule has 106 valence electrons. The van der Waals surface area contributed by atoms with E-state index in [1.165, 1.54) is 16.7 Å². The van der Waals surface area contributed by atoms with E-state index < -0.39 is 0 Å². The molecule has 21 heavy (non-hydrogen) atoms. The number of aromatic nitrogens is 3. The topological polar surface area (TPSA) is 53.6 Å². The third-order valence-corrected chi connectivity index (χ3v) is 3.66. The molecule has 1 atom stereocenters. The second kappa shape index (κ2) is 6.33. The van der Waals surface area contributed by atoms with Gasteiger partial charge in [-0.25, -0.2) is 0 Å². The molecule has 4 heteroatoms. The number of pyridine rings is 1. The molecule has 0 aliphatic rings. The van der Waals surface area contributed by atoms with Crippen molar-refractivity contribution >= 4 is 0 Å². The third kappa shape index (κ3) is 3.01. The third-order valence-electron chi connectivity index (χ3n) is 3.66. The molecule has 0 aliphatic heterocycles. The summed E-state index contributed by atoms with van der Waals surface area (Å²) < 4.78 is 0. The first-order valence-electron chi connectivity index (χ1n) is 7.02. The molecule has 0 bridgehead atoms. The summed E-state index contributed by atoms with van der Waals surface area (Å²) in [6, 6.07) is 12.8. The number of rotatable bonds is 5. The zero-order valence-corrected chi connectivity index (χ0v) is 12.0. The summed E-state index contributed by atoms with van der Waals surface area (Å²) in [4.78, 5) is 4.10. The van der Waals surface area contributed by atoms with Crippen molar-refractivity contribution in [3.05, 3.63) is 72.3 Å². The molecule has 0 spiro atoms. The molecule has 3 aromatic rings. The number of aromatic amines is 1. The van der Waals surface area contributed by atoms with E-state index in [-0.39, 0.29) is 0 Å². The second-order valence-corrected chi connectivity index (χ2v) is 5.00. The maximum atomic E-state index is 4.10. The number of H-pyrrole nitrogens is 1. The van der Waals surface area contributed by atoms with Crippen LogP contribution in [0.5, 0.6) is 0 Å². The molecule has 4 nitrogen and oxygen atoms in total. The Bertz CT molecular complexity index is 660. The molecule has 2 aromatic heterocycles. The second-order valence-electron chi connectivity index (χ2n) is 5.00. The molecule has 0 aliphatic carbocycles. The van der Waals surface area contributed by atoms with E-state index in [2.05, 4.69) is 56.9 Å². The Kier molecular flexibility index (Phi) is 4.07. The van der Waals surface area contributed by atoms with Gasteiger partial charge in [-0.05, 0) is 35.9 Å². The quantitative estimate of drug-likeness (QED) is 0.754. The fourth-order valence-electron chi connectivity index (χ4n) is 2.54. The average Bonchev–Trinajstić information content (AvgIpc) is 3.08. The van der Waals surface area contributed by atoms with Crippen molar-refractivity contribution < 1.29 is 0 Å². The van der Waals surface area contributed by atoms with Gasteiger partial charge < -0.3 is 5.32 Å². The van der Waals surface area contributed by atoms with Gasteiger partial charge in [-0.1, -0.05) is 24.3 Å². The Morgan fingerprint density at radius 3 is 2.33 bits per heavy atom. The van der Waals surface area contributed by atoms with Crippen LogP contribution in [0.1, 0.15) is 17.0 Å². The van der Waals surface area contributed by atoms with Crippen LogP contribution in [0.15, 0.2) is 61.2 Å². The molecular weight excluding hydrogens is 260 g/mol. The zero-order chi connectivity index (χ0) is 14.5. The number of nitrogens with zero attached hydrogens (tertiary/aromatic N) is 2. The summed E-state index contributed by atoms with van der Waals surface area (Å²) in [5.74, 6) is 0.330. The first-order valence-corrected chi connectivity index (χ1v) is 7.02. The Hall–Kier alpha value is -2.46. The van der Waals surface area contributed by atoms with Gasteiger partial charge >= 0.3 is 0 Å². The molecule has 0 amide bonds. The van der Waals surface area contributed by atoms with Crippen molar-refractivity contribution in [2.24, 2.45) is 0 Å². The van der Waals surface area contributed by atoms with Gasteiger partial charge in [0.05, 0.1) is 6.20 Å². The van der Waals surface area contributed by atoms with Crippen LogP contribution >= 0.6 is 0 Å². The lowest BCUT2D eigenvalue weighted by atomic mass is 9.91. The Labute approximate surface area is 124 Å². The van der Waals surface area contributed by atoms with Gasteiger partial charge in [0.1, 0.15) is 0 Å². The van der Waals surface area contributed by atoms with Gasteiger partial charge in [-0.3, -0.25) is 10.1 Å². The highest BCUT2D eigenvalue weighted by molar-refractivity contribution is 5.62. The van der Waals surface area contributed by atoms with Crippen LogP contribution in [-0.4, -0.2) is 28.8 Å². The standard InChI is InChI=1S/C17H18N4/c1-18-12-17(15-6-8-19-9-7-15)14-4-2-13(3-5-14)16-10-20-21-11-16/h2-11,17-18H,12H2,1H3,(H,20,21). The predicted molar refractivity (Wildman–Crippen MR) is 84.0 cm³/mol. The zero-order valence-electron chi connectivity index (χ0n) is 12.0. The van der Waals surface area contributed by atoms with Gasteiger partial charge in [0.25, 0.3) is 0 Å². The van der Waals surface area contributed by atoms with Crippen molar-refractivity contribution in [3.8, 4) is 11.1 Å². The summed E-state index contributed by atoms with van der Waals surface area (Å²) in [7, 11) is 1.98. The summed E-state index contributed by atoms with van der Waals surface area (Å²) in [6.45, 7) is 0.898. The van der Waals surface area contributed by atoms with E-state index in [1.54, 1.807) is 0 Å². The summed E-state index contributed by atoms with van der Waals surface area (Å²) in [6.07, 6.45) is 7.43. The van der Waals surface area contributed by atoms with Gasteiger partial charge in [0, 0.05) is 36.6 Å². The van der Waals surface area contributed by atoms with E-state index in [4.69, 9.17) is 0 Å². The molecule has 0 saturated carbocycles. The number of hydrogen-bond acceptors (Lipinski definition) is 3. The maximum absolute atomic E-state index is 4.10. The molecule has 0 fully saturated rings. The number of hydrogen-bond donors (Lipinski definition) is 2. The smallest absolute Gasteiger partial charge is 0.0565 e. The normalized spacial score (nSPS) is 12.2. The molecule has 1 aromatic carbocycles. The van der Waals surface area contributed by atoms with Crippen LogP contribution in [-0.2, 0) is 0 Å². The molecular formula is C17H18N4. The van der Waals surface area contributed by atoms with Crippen molar-refractivity contribution in [1.82, 2.24) is 20.5 Å². The molecule has 0 radical (unpaired) electrons. The highest BCUT2D eigenvalue weighted by Crippen LogP contribution is 2.26. The average molecular weight is 278 g/mol. The number of nitrogens with one attached hydrogen (secondary N) is 2. The molecule has 2 N–H and O–H groups in total. The van der Waals surface area contributed by atoms with Crippen LogP contribution in [0, 0.1) is 0 Å². The Balaban J connectivity index is 1.90. The maximum Gasteiger partial charge on any atom is 0.0565 e. The number of benzene rings is 1. The van der Waals surface area contributed by atoms with E-state index in [0.29, 0.717) is 5.92 Å². The first kappa shape index (κ1) is 13.5. The van der Waals surface area contributed by atoms with Crippen LogP contribution in [0.4, 0.5) is 0 Å². The fraction of sp³-hybridized carbons (Fsp3) is 0.176. The number of likely N-dealkylation sites (N-methyl/N-ethyl adjacent to an activating group) is 1. The minimum Gasteiger partial charge on any atom is -0.319 e. The van der Waals surface area contributed by atoms with Crippen LogP contribution in [0.25, 0.3) is 11.1 Å². The van der Waals surface area contributed by atoms with Crippen LogP contribution in [0.2, 0.25) is 0 Å². The van der Waals surface area contributed by atoms with Gasteiger partial charge in [-0.2, -0.15) is 5.10 Å². The van der Waals surface area contributed by atoms with E-state index in [1.807, 2.05) is 31.8 Å². The Morgan fingerprint density at radius 2 is 1.71 bits per heavy atom. The highest BCUT2D eigenvalue weighted by Gasteiger charge is 2.13. The van der Waals surface area contributed by atoms with Gasteiger partial charge in [0.15, 0.2) is 0 Å². The van der Waals surface area contributed by atoms with Crippen LogP contribution < -0.4 is 5.32 Å². The molecule has 3 rings (SSSR count). The lowest BCUT2D eigenvalue weighted by Crippen LogP contribution is -2.18. The monoisotopic (exact) mass is 278 g/mol. The highest BCUT2D eigenvalue weighted by atomic mass is 15.1. The first-order chi connectivity index (χ1) is 10.4. The molecule has 0 saturated heterocycles. The minimum atomic E-state index is 0.330. The van der Waals surface area contributed by atoms with Crippen molar-refractivity contribution in [2.75, 3.05) is 13.6 Å². The summed E-state index contributed by atoms with van der Waals surface area (Å²) in [5.41, 5.74) is 4.85. The lowest BCUT2D eigenvalue weighted by Gasteiger charge is -2.17.